The number of urea groups is 1. The largest absolute Gasteiger partial charge is 0.573 e. The predicted molar refractivity (Wildman–Crippen MR) is 125 cm³/mol. The first-order chi connectivity index (χ1) is 17.0. The molecule has 1 aliphatic heterocycles. The molecular formula is C24H22F3N5O4. The van der Waals surface area contributed by atoms with Crippen LogP contribution in [0.1, 0.15) is 30.3 Å². The van der Waals surface area contributed by atoms with Crippen molar-refractivity contribution in [1.29, 1.82) is 0 Å². The van der Waals surface area contributed by atoms with Gasteiger partial charge in [0.05, 0.1) is 10.9 Å². The van der Waals surface area contributed by atoms with Crippen molar-refractivity contribution in [3.05, 3.63) is 76.5 Å². The van der Waals surface area contributed by atoms with E-state index in [1.165, 1.54) is 16.7 Å². The van der Waals surface area contributed by atoms with Crippen LogP contribution in [0.25, 0.3) is 10.9 Å². The third-order valence-corrected chi connectivity index (χ3v) is 5.57. The lowest BCUT2D eigenvalue weighted by Gasteiger charge is -2.26. The summed E-state index contributed by atoms with van der Waals surface area (Å²) in [4.78, 5) is 42.4. The van der Waals surface area contributed by atoms with E-state index in [0.717, 1.165) is 12.1 Å². The Kier molecular flexibility index (Phi) is 6.69. The second kappa shape index (κ2) is 9.72. The maximum atomic E-state index is 13.3. The van der Waals surface area contributed by atoms with Crippen molar-refractivity contribution < 1.29 is 27.5 Å². The lowest BCUT2D eigenvalue weighted by molar-refractivity contribution is -0.274. The molecule has 1 saturated heterocycles. The van der Waals surface area contributed by atoms with Crippen LogP contribution in [-0.4, -0.2) is 27.9 Å². The van der Waals surface area contributed by atoms with Crippen LogP contribution in [0.4, 0.5) is 23.7 Å². The zero-order valence-corrected chi connectivity index (χ0v) is 19.1. The summed E-state index contributed by atoms with van der Waals surface area (Å²) in [5.74, 6) is -0.308. The number of carbonyl (C=O) groups is 2. The van der Waals surface area contributed by atoms with Crippen LogP contribution in [0.5, 0.6) is 5.75 Å². The van der Waals surface area contributed by atoms with Crippen molar-refractivity contribution in [1.82, 2.24) is 20.2 Å². The normalized spacial score (nSPS) is 15.9. The van der Waals surface area contributed by atoms with Gasteiger partial charge < -0.3 is 20.7 Å². The fourth-order valence-corrected chi connectivity index (χ4v) is 3.94. The number of halogens is 3. The highest BCUT2D eigenvalue weighted by Crippen LogP contribution is 2.24. The fraction of sp³-hybridized carbons (Fsp3) is 0.250. The first-order valence-corrected chi connectivity index (χ1v) is 10.9. The summed E-state index contributed by atoms with van der Waals surface area (Å²) in [5.41, 5.74) is 1.58. The number of ether oxygens (including phenoxy) is 1. The standard InChI is InChI=1S/C24H22F3N5O4/c1-13-3-10-20(21(33)29-13)32-14(2)30-19-9-4-15(11-18(19)22(32)34)12-28-23(35)31-16-5-7-17(8-6-16)36-24(25,26)27/h4-9,11,20H,1,3,10,12H2,2H3,(H,29,33)(H2,28,31,35). The van der Waals surface area contributed by atoms with E-state index in [1.807, 2.05) is 0 Å². The highest BCUT2D eigenvalue weighted by atomic mass is 19.4. The highest BCUT2D eigenvalue weighted by Gasteiger charge is 2.31. The first-order valence-electron chi connectivity index (χ1n) is 10.9. The summed E-state index contributed by atoms with van der Waals surface area (Å²) in [6.45, 7) is 5.48. The molecule has 0 saturated carbocycles. The van der Waals surface area contributed by atoms with Crippen molar-refractivity contribution in [3.8, 4) is 5.75 Å². The van der Waals surface area contributed by atoms with Crippen molar-refractivity contribution >= 4 is 28.5 Å². The smallest absolute Gasteiger partial charge is 0.406 e. The number of nitrogens with zero attached hydrogens (tertiary/aromatic N) is 2. The Morgan fingerprint density at radius 2 is 1.94 bits per heavy atom. The average molecular weight is 501 g/mol. The minimum atomic E-state index is -4.80. The molecule has 1 unspecified atom stereocenters. The Hall–Kier alpha value is -4.35. The number of fused-ring (bicyclic) bond motifs is 1. The molecule has 3 amide bonds. The van der Waals surface area contributed by atoms with Crippen LogP contribution in [0, 0.1) is 6.92 Å². The van der Waals surface area contributed by atoms with Crippen LogP contribution >= 0.6 is 0 Å². The van der Waals surface area contributed by atoms with Gasteiger partial charge in [-0.05, 0) is 61.7 Å². The van der Waals surface area contributed by atoms with Crippen molar-refractivity contribution in [2.24, 2.45) is 0 Å². The van der Waals surface area contributed by atoms with Crippen LogP contribution in [0.15, 0.2) is 59.5 Å². The third-order valence-electron chi connectivity index (χ3n) is 5.57. The van der Waals surface area contributed by atoms with Gasteiger partial charge in [0.1, 0.15) is 17.6 Å². The monoisotopic (exact) mass is 501 g/mol. The molecule has 1 fully saturated rings. The molecule has 0 spiro atoms. The molecular weight excluding hydrogens is 479 g/mol. The van der Waals surface area contributed by atoms with Gasteiger partial charge in [-0.15, -0.1) is 13.2 Å². The molecule has 36 heavy (non-hydrogen) atoms. The number of hydrogen-bond donors (Lipinski definition) is 3. The molecule has 1 aromatic heterocycles. The fourth-order valence-electron chi connectivity index (χ4n) is 3.94. The molecule has 188 valence electrons. The Morgan fingerprint density at radius 3 is 2.61 bits per heavy atom. The highest BCUT2D eigenvalue weighted by molar-refractivity contribution is 5.89. The van der Waals surface area contributed by atoms with Crippen LogP contribution in [0.3, 0.4) is 0 Å². The number of aromatic nitrogens is 2. The third kappa shape index (κ3) is 5.65. The van der Waals surface area contributed by atoms with Crippen molar-refractivity contribution in [2.75, 3.05) is 5.32 Å². The number of carbonyl (C=O) groups excluding carboxylic acids is 2. The summed E-state index contributed by atoms with van der Waals surface area (Å²) >= 11 is 0. The molecule has 2 heterocycles. The van der Waals surface area contributed by atoms with Gasteiger partial charge in [0.2, 0.25) is 5.91 Å². The van der Waals surface area contributed by atoms with E-state index < -0.39 is 24.2 Å². The maximum absolute atomic E-state index is 13.3. The summed E-state index contributed by atoms with van der Waals surface area (Å²) in [7, 11) is 0. The topological polar surface area (TPSA) is 114 Å². The number of allylic oxidation sites excluding steroid dienone is 1. The first kappa shape index (κ1) is 24.8. The number of alkyl halides is 3. The second-order valence-electron chi connectivity index (χ2n) is 8.21. The van der Waals surface area contributed by atoms with Gasteiger partial charge in [-0.1, -0.05) is 12.6 Å². The minimum Gasteiger partial charge on any atom is -0.406 e. The number of piperidine rings is 1. The van der Waals surface area contributed by atoms with Gasteiger partial charge in [0.25, 0.3) is 5.56 Å². The molecule has 3 aromatic rings. The Labute approximate surface area is 203 Å². The van der Waals surface area contributed by atoms with Gasteiger partial charge in [-0.25, -0.2) is 9.78 Å². The van der Waals surface area contributed by atoms with E-state index >= 15 is 0 Å². The van der Waals surface area contributed by atoms with E-state index in [1.54, 1.807) is 25.1 Å². The molecule has 12 heteroatoms. The summed E-state index contributed by atoms with van der Waals surface area (Å²) in [5, 5.41) is 8.10. The summed E-state index contributed by atoms with van der Waals surface area (Å²) < 4.78 is 41.9. The Morgan fingerprint density at radius 1 is 1.22 bits per heavy atom. The van der Waals surface area contributed by atoms with E-state index in [9.17, 15) is 27.6 Å². The molecule has 2 aromatic carbocycles. The molecule has 3 N–H and O–H groups in total. The lowest BCUT2D eigenvalue weighted by Crippen LogP contribution is -2.41. The van der Waals surface area contributed by atoms with E-state index in [2.05, 4.69) is 32.3 Å². The molecule has 0 radical (unpaired) electrons. The minimum absolute atomic E-state index is 0.0636. The second-order valence-corrected chi connectivity index (χ2v) is 8.21. The van der Waals surface area contributed by atoms with Gasteiger partial charge in [0.15, 0.2) is 0 Å². The SMILES string of the molecule is C=C1CCC(n2c(C)nc3ccc(CNC(=O)Nc4ccc(OC(F)(F)F)cc4)cc3c2=O)C(=O)N1. The van der Waals surface area contributed by atoms with Gasteiger partial charge >= 0.3 is 12.4 Å². The number of hydrogen-bond acceptors (Lipinski definition) is 5. The van der Waals surface area contributed by atoms with E-state index in [0.29, 0.717) is 40.8 Å². The average Bonchev–Trinajstić information content (AvgIpc) is 2.79. The number of amides is 3. The molecule has 1 aliphatic rings. The number of nitrogens with one attached hydrogen (secondary N) is 3. The molecule has 0 aliphatic carbocycles. The molecule has 1 atom stereocenters. The Bertz CT molecular complexity index is 1400. The lowest BCUT2D eigenvalue weighted by atomic mass is 10.0. The van der Waals surface area contributed by atoms with Gasteiger partial charge in [0, 0.05) is 17.9 Å². The maximum Gasteiger partial charge on any atom is 0.573 e. The van der Waals surface area contributed by atoms with E-state index in [4.69, 9.17) is 0 Å². The van der Waals surface area contributed by atoms with Crippen LogP contribution in [0.2, 0.25) is 0 Å². The predicted octanol–water partition coefficient (Wildman–Crippen LogP) is 3.89. The quantitative estimate of drug-likeness (QED) is 0.491. The van der Waals surface area contributed by atoms with Crippen LogP contribution in [-0.2, 0) is 11.3 Å². The molecule has 4 rings (SSSR count). The van der Waals surface area contributed by atoms with Gasteiger partial charge in [-0.3, -0.25) is 14.2 Å². The van der Waals surface area contributed by atoms with E-state index in [-0.39, 0.29) is 23.7 Å². The van der Waals surface area contributed by atoms with Crippen molar-refractivity contribution in [3.63, 3.8) is 0 Å². The van der Waals surface area contributed by atoms with Crippen LogP contribution < -0.4 is 26.2 Å². The number of rotatable bonds is 5. The number of aryl methyl sites for hydroxylation is 1. The molecule has 9 nitrogen and oxygen atoms in total. The number of anilines is 1. The Balaban J connectivity index is 1.46. The summed E-state index contributed by atoms with van der Waals surface area (Å²) in [6, 6.07) is 8.37. The zero-order chi connectivity index (χ0) is 26.0. The van der Waals surface area contributed by atoms with Crippen molar-refractivity contribution in [2.45, 2.75) is 38.7 Å². The summed E-state index contributed by atoms with van der Waals surface area (Å²) in [6.07, 6.45) is -3.82. The van der Waals surface area contributed by atoms with Gasteiger partial charge in [-0.2, -0.15) is 0 Å². The zero-order valence-electron chi connectivity index (χ0n) is 19.1. The molecule has 0 bridgehead atoms. The number of benzene rings is 2.